The Bertz CT molecular complexity index is 416. The van der Waals surface area contributed by atoms with Crippen molar-refractivity contribution in [1.29, 1.82) is 0 Å². The summed E-state index contributed by atoms with van der Waals surface area (Å²) >= 11 is 0. The van der Waals surface area contributed by atoms with E-state index in [9.17, 15) is 0 Å². The fourth-order valence-corrected chi connectivity index (χ4v) is 1.20. The fourth-order valence-electron chi connectivity index (χ4n) is 1.20. The van der Waals surface area contributed by atoms with Gasteiger partial charge in [0.15, 0.2) is 0 Å². The molecule has 0 aliphatic heterocycles. The van der Waals surface area contributed by atoms with E-state index in [1.165, 1.54) is 0 Å². The molecule has 100 valence electrons. The van der Waals surface area contributed by atoms with Crippen molar-refractivity contribution in [2.24, 2.45) is 0 Å². The largest absolute Gasteiger partial charge is 2.00 e. The van der Waals surface area contributed by atoms with E-state index in [4.69, 9.17) is 0 Å². The summed E-state index contributed by atoms with van der Waals surface area (Å²) in [6.45, 7) is 5.98. The monoisotopic (exact) mass is 423 g/mol. The first kappa shape index (κ1) is 19.3. The van der Waals surface area contributed by atoms with Crippen LogP contribution < -0.4 is 0 Å². The van der Waals surface area contributed by atoms with Crippen molar-refractivity contribution in [2.45, 2.75) is 20.8 Å². The van der Waals surface area contributed by atoms with Crippen LogP contribution in [0.15, 0.2) is 42.6 Å². The molecule has 0 radical (unpaired) electrons. The molecule has 2 aromatic rings. The SMILES string of the molecule is C[CH-]C.Cc1cccc(-c2ccccn2)n1.[CH3-].[Pt+2]. The third-order valence-corrected chi connectivity index (χ3v) is 1.82. The summed E-state index contributed by atoms with van der Waals surface area (Å²) in [5, 5.41) is 0. The molecule has 0 aliphatic rings. The molecule has 0 atom stereocenters. The minimum atomic E-state index is 0. The average Bonchev–Trinajstić information content (AvgIpc) is 2.31. The van der Waals surface area contributed by atoms with Crippen LogP contribution in [0.2, 0.25) is 0 Å². The van der Waals surface area contributed by atoms with Gasteiger partial charge in [0.2, 0.25) is 0 Å². The van der Waals surface area contributed by atoms with Gasteiger partial charge in [-0.1, -0.05) is 12.1 Å². The molecule has 2 nitrogen and oxygen atoms in total. The molecule has 0 aromatic carbocycles. The van der Waals surface area contributed by atoms with Crippen LogP contribution in [0.5, 0.6) is 0 Å². The van der Waals surface area contributed by atoms with E-state index in [1.807, 2.05) is 63.6 Å². The van der Waals surface area contributed by atoms with Gasteiger partial charge < -0.3 is 13.8 Å². The molecule has 0 spiro atoms. The van der Waals surface area contributed by atoms with Crippen molar-refractivity contribution in [3.63, 3.8) is 0 Å². The molecule has 3 heteroatoms. The van der Waals surface area contributed by atoms with Crippen molar-refractivity contribution in [3.8, 4) is 11.4 Å². The van der Waals surface area contributed by atoms with Gasteiger partial charge in [0.25, 0.3) is 0 Å². The van der Waals surface area contributed by atoms with Crippen LogP contribution in [0.25, 0.3) is 11.4 Å². The van der Waals surface area contributed by atoms with Crippen molar-refractivity contribution in [1.82, 2.24) is 9.97 Å². The standard InChI is InChI=1S/C11H10N2.C3H7.CH3.Pt/c1-9-5-4-7-11(13-9)10-6-2-3-8-12-10;1-3-2;;/h2-8H,1H3;3H,1-2H3;1H3;/q;2*-1;+2. The Hall–Kier alpha value is -1.01. The fraction of sp³-hybridized carbons (Fsp3) is 0.200. The first-order valence-corrected chi connectivity index (χ1v) is 5.37. The summed E-state index contributed by atoms with van der Waals surface area (Å²) in [6.07, 6.45) is 3.78. The maximum atomic E-state index is 4.38. The zero-order valence-corrected chi connectivity index (χ0v) is 13.6. The quantitative estimate of drug-likeness (QED) is 0.645. The van der Waals surface area contributed by atoms with Crippen LogP contribution >= 0.6 is 0 Å². The van der Waals surface area contributed by atoms with Crippen molar-refractivity contribution in [2.75, 3.05) is 0 Å². The molecule has 0 saturated heterocycles. The number of aryl methyl sites for hydroxylation is 1. The predicted octanol–water partition coefficient (Wildman–Crippen LogP) is 4.13. The van der Waals surface area contributed by atoms with E-state index in [-0.39, 0.29) is 28.5 Å². The smallest absolute Gasteiger partial charge is 0.358 e. The summed E-state index contributed by atoms with van der Waals surface area (Å²) in [4.78, 5) is 8.61. The third-order valence-electron chi connectivity index (χ3n) is 1.82. The number of hydrogen-bond acceptors (Lipinski definition) is 2. The summed E-state index contributed by atoms with van der Waals surface area (Å²) in [7, 11) is 0. The van der Waals surface area contributed by atoms with Crippen LogP contribution in [-0.4, -0.2) is 9.97 Å². The molecule has 2 rings (SSSR count). The molecular weight excluding hydrogens is 403 g/mol. The van der Waals surface area contributed by atoms with Gasteiger partial charge in [-0.2, -0.15) is 13.8 Å². The van der Waals surface area contributed by atoms with Crippen LogP contribution in [0.3, 0.4) is 0 Å². The van der Waals surface area contributed by atoms with Crippen LogP contribution in [0.4, 0.5) is 0 Å². The Morgan fingerprint density at radius 1 is 0.944 bits per heavy atom. The molecule has 2 heterocycles. The van der Waals surface area contributed by atoms with Crippen molar-refractivity contribution >= 4 is 0 Å². The Morgan fingerprint density at radius 3 is 2.06 bits per heavy atom. The second kappa shape index (κ2) is 11.1. The maximum Gasteiger partial charge on any atom is 2.00 e. The number of pyridine rings is 2. The number of rotatable bonds is 1. The average molecular weight is 423 g/mol. The van der Waals surface area contributed by atoms with Gasteiger partial charge in [0.1, 0.15) is 0 Å². The van der Waals surface area contributed by atoms with Crippen molar-refractivity contribution in [3.05, 3.63) is 62.1 Å². The van der Waals surface area contributed by atoms with Gasteiger partial charge in [-0.3, -0.25) is 9.97 Å². The third kappa shape index (κ3) is 6.66. The summed E-state index contributed by atoms with van der Waals surface area (Å²) in [6, 6.07) is 11.8. The number of nitrogens with zero attached hydrogens (tertiary/aromatic N) is 2. The first-order chi connectivity index (χ1) is 7.77. The molecule has 2 aromatic heterocycles. The van der Waals surface area contributed by atoms with E-state index in [2.05, 4.69) is 9.97 Å². The molecule has 0 fully saturated rings. The molecule has 0 N–H and O–H groups in total. The summed E-state index contributed by atoms with van der Waals surface area (Å²) in [5.41, 5.74) is 2.87. The molecule has 0 saturated carbocycles. The van der Waals surface area contributed by atoms with Gasteiger partial charge in [-0.15, -0.1) is 0 Å². The van der Waals surface area contributed by atoms with Gasteiger partial charge >= 0.3 is 21.1 Å². The van der Waals surface area contributed by atoms with Gasteiger partial charge in [0, 0.05) is 11.9 Å². The molecule has 0 aliphatic carbocycles. The second-order valence-corrected chi connectivity index (χ2v) is 3.46. The molecule has 0 bridgehead atoms. The van der Waals surface area contributed by atoms with Crippen molar-refractivity contribution < 1.29 is 21.1 Å². The van der Waals surface area contributed by atoms with E-state index in [1.54, 1.807) is 6.20 Å². The Balaban J connectivity index is 0. The van der Waals surface area contributed by atoms with E-state index >= 15 is 0 Å². The predicted molar refractivity (Wildman–Crippen MR) is 74.3 cm³/mol. The molecular formula is C15H20N2Pt. The topological polar surface area (TPSA) is 25.8 Å². The Kier molecular flexibility index (Phi) is 11.9. The normalized spacial score (nSPS) is 8.17. The summed E-state index contributed by atoms with van der Waals surface area (Å²) < 4.78 is 0. The van der Waals surface area contributed by atoms with Gasteiger partial charge in [-0.05, 0) is 31.2 Å². The molecule has 0 unspecified atom stereocenters. The van der Waals surface area contributed by atoms with Crippen LogP contribution in [-0.2, 0) is 21.1 Å². The maximum absolute atomic E-state index is 4.38. The van der Waals surface area contributed by atoms with Gasteiger partial charge in [-0.25, -0.2) is 0 Å². The Labute approximate surface area is 125 Å². The molecule has 18 heavy (non-hydrogen) atoms. The van der Waals surface area contributed by atoms with Gasteiger partial charge in [0.05, 0.1) is 11.4 Å². The van der Waals surface area contributed by atoms with E-state index in [0.717, 1.165) is 17.1 Å². The zero-order valence-electron chi connectivity index (χ0n) is 11.3. The second-order valence-electron chi connectivity index (χ2n) is 3.46. The van der Waals surface area contributed by atoms with E-state index < -0.39 is 0 Å². The Morgan fingerprint density at radius 2 is 1.56 bits per heavy atom. The van der Waals surface area contributed by atoms with Crippen LogP contribution in [0, 0.1) is 20.8 Å². The number of aromatic nitrogens is 2. The molecule has 0 amide bonds. The summed E-state index contributed by atoms with van der Waals surface area (Å²) in [5.74, 6) is 0. The zero-order chi connectivity index (χ0) is 11.8. The van der Waals surface area contributed by atoms with E-state index in [0.29, 0.717) is 0 Å². The number of hydrogen-bond donors (Lipinski definition) is 0. The first-order valence-electron chi connectivity index (χ1n) is 5.37. The van der Waals surface area contributed by atoms with Crippen LogP contribution in [0.1, 0.15) is 19.5 Å². The minimum Gasteiger partial charge on any atom is -0.358 e. The minimum absolute atomic E-state index is 0.